The molecule has 0 spiro atoms. The fourth-order valence-corrected chi connectivity index (χ4v) is 2.59. The first-order valence-electron chi connectivity index (χ1n) is 8.20. The summed E-state index contributed by atoms with van der Waals surface area (Å²) in [6.07, 6.45) is 19.4. The number of allylic oxidation sites excluding steroid dienone is 8. The van der Waals surface area contributed by atoms with Crippen molar-refractivity contribution in [2.45, 2.75) is 79.1 Å². The molecule has 0 saturated carbocycles. The molecule has 0 amide bonds. The fourth-order valence-electron chi connectivity index (χ4n) is 2.59. The third-order valence-electron chi connectivity index (χ3n) is 4.13. The van der Waals surface area contributed by atoms with Crippen molar-refractivity contribution < 1.29 is 0 Å². The van der Waals surface area contributed by atoms with Crippen LogP contribution in [-0.4, -0.2) is 0 Å². The molecular formula is C20H32. The van der Waals surface area contributed by atoms with Crippen molar-refractivity contribution in [2.75, 3.05) is 0 Å². The Morgan fingerprint density at radius 3 is 0.850 bits per heavy atom. The SMILES string of the molecule is C/C1=C/CC/C(C)=C/CC/C(C)=C/CC/C(C)=C/CC1. The van der Waals surface area contributed by atoms with E-state index in [1.54, 1.807) is 22.3 Å². The van der Waals surface area contributed by atoms with Crippen LogP contribution < -0.4 is 0 Å². The predicted octanol–water partition coefficient (Wildman–Crippen LogP) is 6.91. The minimum atomic E-state index is 1.20. The molecule has 0 aromatic rings. The molecule has 0 heterocycles. The molecule has 0 bridgehead atoms. The molecule has 0 unspecified atom stereocenters. The lowest BCUT2D eigenvalue weighted by molar-refractivity contribution is 0.875. The Kier molecular flexibility index (Phi) is 8.34. The second-order valence-corrected chi connectivity index (χ2v) is 6.36. The average Bonchev–Trinajstić information content (AvgIpc) is 2.37. The summed E-state index contributed by atoms with van der Waals surface area (Å²) in [5, 5.41) is 0. The lowest BCUT2D eigenvalue weighted by Gasteiger charge is -2.05. The minimum absolute atomic E-state index is 1.20. The van der Waals surface area contributed by atoms with E-state index in [2.05, 4.69) is 52.0 Å². The monoisotopic (exact) mass is 272 g/mol. The molecule has 0 fully saturated rings. The molecule has 0 aromatic heterocycles. The molecule has 0 saturated heterocycles. The van der Waals surface area contributed by atoms with Gasteiger partial charge in [0.2, 0.25) is 0 Å². The normalized spacial score (nSPS) is 31.0. The van der Waals surface area contributed by atoms with Gasteiger partial charge in [-0.2, -0.15) is 0 Å². The second kappa shape index (κ2) is 9.80. The van der Waals surface area contributed by atoms with Crippen LogP contribution >= 0.6 is 0 Å². The molecule has 1 rings (SSSR count). The van der Waals surface area contributed by atoms with E-state index in [1.165, 1.54) is 51.4 Å². The lowest BCUT2D eigenvalue weighted by Crippen LogP contribution is -1.84. The highest BCUT2D eigenvalue weighted by Crippen LogP contribution is 2.16. The number of hydrogen-bond donors (Lipinski definition) is 0. The molecule has 0 nitrogen and oxygen atoms in total. The largest absolute Gasteiger partial charge is 0.0853 e. The van der Waals surface area contributed by atoms with Crippen molar-refractivity contribution in [2.24, 2.45) is 0 Å². The molecule has 0 radical (unpaired) electrons. The third kappa shape index (κ3) is 8.19. The first-order valence-corrected chi connectivity index (χ1v) is 8.20. The minimum Gasteiger partial charge on any atom is -0.0853 e. The molecule has 0 aliphatic heterocycles. The number of hydrogen-bond acceptors (Lipinski definition) is 0. The van der Waals surface area contributed by atoms with Crippen LogP contribution in [0.4, 0.5) is 0 Å². The van der Waals surface area contributed by atoms with Gasteiger partial charge in [0.1, 0.15) is 0 Å². The molecule has 0 atom stereocenters. The van der Waals surface area contributed by atoms with Gasteiger partial charge < -0.3 is 0 Å². The Bertz CT molecular complexity index is 322. The van der Waals surface area contributed by atoms with Gasteiger partial charge in [0.05, 0.1) is 0 Å². The zero-order chi connectivity index (χ0) is 14.8. The zero-order valence-electron chi connectivity index (χ0n) is 14.0. The summed E-state index contributed by atoms with van der Waals surface area (Å²) in [7, 11) is 0. The van der Waals surface area contributed by atoms with Gasteiger partial charge in [-0.15, -0.1) is 0 Å². The van der Waals surface area contributed by atoms with Crippen LogP contribution in [0.5, 0.6) is 0 Å². The third-order valence-corrected chi connectivity index (χ3v) is 4.13. The van der Waals surface area contributed by atoms with Gasteiger partial charge in [-0.3, -0.25) is 0 Å². The highest BCUT2D eigenvalue weighted by Gasteiger charge is 1.96. The summed E-state index contributed by atoms with van der Waals surface area (Å²) in [4.78, 5) is 0. The molecule has 20 heavy (non-hydrogen) atoms. The number of rotatable bonds is 0. The van der Waals surface area contributed by atoms with Crippen molar-refractivity contribution in [3.05, 3.63) is 46.6 Å². The predicted molar refractivity (Wildman–Crippen MR) is 92.0 cm³/mol. The Morgan fingerprint density at radius 1 is 0.450 bits per heavy atom. The maximum absolute atomic E-state index is 2.43. The Balaban J connectivity index is 2.65. The fraction of sp³-hybridized carbons (Fsp3) is 0.600. The van der Waals surface area contributed by atoms with Crippen LogP contribution in [0.2, 0.25) is 0 Å². The van der Waals surface area contributed by atoms with Gasteiger partial charge in [-0.05, 0) is 79.1 Å². The maximum atomic E-state index is 2.43. The van der Waals surface area contributed by atoms with E-state index >= 15 is 0 Å². The summed E-state index contributed by atoms with van der Waals surface area (Å²) in [6.45, 7) is 9.10. The standard InChI is InChI=1S/C20H32/c1-17-9-5-11-18(2)13-7-15-20(4)16-8-14-19(3)12-6-10-17/h9,12-13,16H,5-8,10-11,14-15H2,1-4H3/b17-9-,18-13+,19-12+,20-16+. The Morgan fingerprint density at radius 2 is 0.650 bits per heavy atom. The lowest BCUT2D eigenvalue weighted by atomic mass is 10.0. The highest BCUT2D eigenvalue weighted by molar-refractivity contribution is 5.09. The van der Waals surface area contributed by atoms with Crippen LogP contribution in [0.1, 0.15) is 79.1 Å². The Labute approximate surface area is 126 Å². The molecule has 0 N–H and O–H groups in total. The van der Waals surface area contributed by atoms with Gasteiger partial charge >= 0.3 is 0 Å². The van der Waals surface area contributed by atoms with Gasteiger partial charge in [0.15, 0.2) is 0 Å². The zero-order valence-corrected chi connectivity index (χ0v) is 14.0. The van der Waals surface area contributed by atoms with E-state index in [0.717, 1.165) is 0 Å². The topological polar surface area (TPSA) is 0 Å². The van der Waals surface area contributed by atoms with E-state index in [0.29, 0.717) is 0 Å². The van der Waals surface area contributed by atoms with Crippen LogP contribution in [0.25, 0.3) is 0 Å². The van der Waals surface area contributed by atoms with Crippen molar-refractivity contribution in [1.29, 1.82) is 0 Å². The average molecular weight is 272 g/mol. The van der Waals surface area contributed by atoms with E-state index in [1.807, 2.05) is 0 Å². The summed E-state index contributed by atoms with van der Waals surface area (Å²) in [5.74, 6) is 0. The first kappa shape index (κ1) is 17.0. The molecule has 1 aliphatic carbocycles. The summed E-state index contributed by atoms with van der Waals surface area (Å²) in [5.41, 5.74) is 6.18. The summed E-state index contributed by atoms with van der Waals surface area (Å²) < 4.78 is 0. The van der Waals surface area contributed by atoms with Crippen LogP contribution in [-0.2, 0) is 0 Å². The summed E-state index contributed by atoms with van der Waals surface area (Å²) in [6, 6.07) is 0. The van der Waals surface area contributed by atoms with Crippen molar-refractivity contribution >= 4 is 0 Å². The highest BCUT2D eigenvalue weighted by atomic mass is 14.0. The maximum Gasteiger partial charge on any atom is -0.0288 e. The molecular weight excluding hydrogens is 240 g/mol. The summed E-state index contributed by atoms with van der Waals surface area (Å²) >= 11 is 0. The second-order valence-electron chi connectivity index (χ2n) is 6.36. The van der Waals surface area contributed by atoms with Crippen molar-refractivity contribution in [1.82, 2.24) is 0 Å². The van der Waals surface area contributed by atoms with Gasteiger partial charge in [0.25, 0.3) is 0 Å². The molecule has 112 valence electrons. The molecule has 0 heteroatoms. The Hall–Kier alpha value is -1.04. The molecule has 0 aromatic carbocycles. The van der Waals surface area contributed by atoms with E-state index in [9.17, 15) is 0 Å². The first-order chi connectivity index (χ1) is 9.58. The van der Waals surface area contributed by atoms with Crippen molar-refractivity contribution in [3.8, 4) is 0 Å². The van der Waals surface area contributed by atoms with Gasteiger partial charge in [-0.1, -0.05) is 46.6 Å². The van der Waals surface area contributed by atoms with E-state index in [4.69, 9.17) is 0 Å². The quantitative estimate of drug-likeness (QED) is 0.420. The molecule has 1 aliphatic rings. The van der Waals surface area contributed by atoms with Crippen LogP contribution in [0.15, 0.2) is 46.6 Å². The van der Waals surface area contributed by atoms with Crippen LogP contribution in [0.3, 0.4) is 0 Å². The van der Waals surface area contributed by atoms with Crippen molar-refractivity contribution in [3.63, 3.8) is 0 Å². The van der Waals surface area contributed by atoms with Crippen LogP contribution in [0, 0.1) is 0 Å². The smallest absolute Gasteiger partial charge is 0.0288 e. The van der Waals surface area contributed by atoms with Gasteiger partial charge in [0, 0.05) is 0 Å². The van der Waals surface area contributed by atoms with Gasteiger partial charge in [-0.25, -0.2) is 0 Å². The van der Waals surface area contributed by atoms with E-state index < -0.39 is 0 Å². The van der Waals surface area contributed by atoms with E-state index in [-0.39, 0.29) is 0 Å².